The average Bonchev–Trinajstić information content (AvgIpc) is 3.53. The summed E-state index contributed by atoms with van der Waals surface area (Å²) in [5.41, 5.74) is 4.36. The predicted octanol–water partition coefficient (Wildman–Crippen LogP) is 7.19. The van der Waals surface area contributed by atoms with Crippen LogP contribution in [0.15, 0.2) is 74.9 Å². The van der Waals surface area contributed by atoms with Crippen molar-refractivity contribution in [1.29, 1.82) is 0 Å². The van der Waals surface area contributed by atoms with Crippen molar-refractivity contribution < 1.29 is 8.78 Å². The average molecular weight is 486 g/mol. The van der Waals surface area contributed by atoms with Crippen LogP contribution in [0.25, 0.3) is 0 Å². The molecule has 172 valence electrons. The highest BCUT2D eigenvalue weighted by molar-refractivity contribution is 8.03. The van der Waals surface area contributed by atoms with Gasteiger partial charge >= 0.3 is 0 Å². The van der Waals surface area contributed by atoms with Crippen molar-refractivity contribution in [3.05, 3.63) is 81.3 Å². The summed E-state index contributed by atoms with van der Waals surface area (Å²) in [6.07, 6.45) is 9.33. The second-order valence-electron chi connectivity index (χ2n) is 8.84. The van der Waals surface area contributed by atoms with Crippen molar-refractivity contribution >= 4 is 34.9 Å². The molecule has 33 heavy (non-hydrogen) atoms. The molecule has 0 aromatic heterocycles. The van der Waals surface area contributed by atoms with Crippen LogP contribution in [-0.2, 0) is 0 Å². The topological polar surface area (TPSA) is 28.0 Å². The van der Waals surface area contributed by atoms with E-state index in [1.165, 1.54) is 30.8 Å². The Balaban J connectivity index is 1.67. The second kappa shape index (κ2) is 9.22. The first-order chi connectivity index (χ1) is 15.9. The van der Waals surface area contributed by atoms with Gasteiger partial charge in [-0.25, -0.2) is 13.8 Å². The molecule has 1 fully saturated rings. The quantitative estimate of drug-likeness (QED) is 0.441. The summed E-state index contributed by atoms with van der Waals surface area (Å²) >= 11 is 8.34. The minimum absolute atomic E-state index is 0.253. The molecule has 0 bridgehead atoms. The molecule has 2 unspecified atom stereocenters. The zero-order valence-electron chi connectivity index (χ0n) is 18.6. The van der Waals surface area contributed by atoms with E-state index in [0.29, 0.717) is 16.6 Å². The monoisotopic (exact) mass is 485 g/mol. The van der Waals surface area contributed by atoms with E-state index in [2.05, 4.69) is 23.3 Å². The van der Waals surface area contributed by atoms with Gasteiger partial charge in [0, 0.05) is 28.4 Å². The van der Waals surface area contributed by atoms with Gasteiger partial charge in [-0.2, -0.15) is 0 Å². The Kier molecular flexibility index (Phi) is 6.32. The van der Waals surface area contributed by atoms with E-state index in [1.807, 2.05) is 12.2 Å². The third-order valence-corrected chi connectivity index (χ3v) is 7.93. The van der Waals surface area contributed by atoms with Gasteiger partial charge in [0.1, 0.15) is 23.9 Å². The smallest absolute Gasteiger partial charge is 0.124 e. The number of halogens is 3. The lowest BCUT2D eigenvalue weighted by Gasteiger charge is -2.35. The highest BCUT2D eigenvalue weighted by Gasteiger charge is 2.41. The fourth-order valence-electron chi connectivity index (χ4n) is 4.90. The SMILES string of the molecule is CC[C@H]1CC2=C(C3=N/C(=C\C(C)F)C=C3)[C@H](c3ccc(F)cc3Cl)N=C(C3CC=CS3)N2C1. The predicted molar refractivity (Wildman–Crippen MR) is 134 cm³/mol. The summed E-state index contributed by atoms with van der Waals surface area (Å²) in [5, 5.41) is 2.74. The number of hydrogen-bond donors (Lipinski definition) is 0. The fourth-order valence-corrected chi connectivity index (χ4v) is 6.12. The van der Waals surface area contributed by atoms with Gasteiger partial charge in [0.15, 0.2) is 0 Å². The van der Waals surface area contributed by atoms with E-state index >= 15 is 0 Å². The first-order valence-electron chi connectivity index (χ1n) is 11.4. The Morgan fingerprint density at radius 3 is 2.88 bits per heavy atom. The summed E-state index contributed by atoms with van der Waals surface area (Å²) in [5.74, 6) is 1.21. The standard InChI is InChI=1S/C26H26ClF2N3S/c1-3-16-12-22-24(21-9-7-18(30-21)11-15(2)28)25(19-8-6-17(29)13-20(19)27)31-26(32(22)14-16)23-5-4-10-33-23/h4,6-11,13,15-16,23,25H,3,5,12,14H2,1-2H3/b18-11-/t15?,16-,23?,25-/m0/s1. The van der Waals surface area contributed by atoms with Crippen LogP contribution in [0.4, 0.5) is 8.78 Å². The van der Waals surface area contributed by atoms with Gasteiger partial charge in [-0.1, -0.05) is 37.1 Å². The molecule has 4 aliphatic rings. The molecule has 0 N–H and O–H groups in total. The first kappa shape index (κ1) is 22.6. The van der Waals surface area contributed by atoms with E-state index in [4.69, 9.17) is 21.6 Å². The molecule has 0 aliphatic carbocycles. The van der Waals surface area contributed by atoms with Crippen LogP contribution in [-0.4, -0.2) is 34.4 Å². The summed E-state index contributed by atoms with van der Waals surface area (Å²) in [6.45, 7) is 4.64. The third kappa shape index (κ3) is 4.35. The van der Waals surface area contributed by atoms with Gasteiger partial charge in [0.25, 0.3) is 0 Å². The molecular weight excluding hydrogens is 460 g/mol. The summed E-state index contributed by atoms with van der Waals surface area (Å²) in [7, 11) is 0. The van der Waals surface area contributed by atoms with Crippen LogP contribution in [0.2, 0.25) is 5.02 Å². The van der Waals surface area contributed by atoms with E-state index in [-0.39, 0.29) is 17.1 Å². The number of amidine groups is 1. The van der Waals surface area contributed by atoms with Crippen LogP contribution in [0.3, 0.4) is 0 Å². The number of aliphatic imine (C=N–C) groups is 2. The zero-order chi connectivity index (χ0) is 23.1. The third-order valence-electron chi connectivity index (χ3n) is 6.52. The molecule has 3 nitrogen and oxygen atoms in total. The molecule has 4 atom stereocenters. The molecule has 0 radical (unpaired) electrons. The van der Waals surface area contributed by atoms with Gasteiger partial charge in [-0.3, -0.25) is 4.99 Å². The first-order valence-corrected chi connectivity index (χ1v) is 12.7. The second-order valence-corrected chi connectivity index (χ2v) is 10.4. The highest BCUT2D eigenvalue weighted by atomic mass is 35.5. The van der Waals surface area contributed by atoms with Gasteiger partial charge in [0.2, 0.25) is 0 Å². The molecular formula is C26H26ClF2N3S. The van der Waals surface area contributed by atoms with Crippen molar-refractivity contribution in [3.8, 4) is 0 Å². The summed E-state index contributed by atoms with van der Waals surface area (Å²) < 4.78 is 27.5. The summed E-state index contributed by atoms with van der Waals surface area (Å²) in [4.78, 5) is 12.4. The molecule has 5 rings (SSSR count). The number of allylic oxidation sites excluding steroid dienone is 5. The fraction of sp³-hybridized carbons (Fsp3) is 0.385. The van der Waals surface area contributed by atoms with Gasteiger partial charge in [-0.15, -0.1) is 11.8 Å². The number of thioether (sulfide) groups is 1. The summed E-state index contributed by atoms with van der Waals surface area (Å²) in [6, 6.07) is 4.12. The Morgan fingerprint density at radius 2 is 2.18 bits per heavy atom. The van der Waals surface area contributed by atoms with Crippen LogP contribution in [0, 0.1) is 11.7 Å². The lowest BCUT2D eigenvalue weighted by molar-refractivity contribution is 0.429. The molecule has 0 amide bonds. The number of alkyl halides is 1. The molecule has 4 heterocycles. The van der Waals surface area contributed by atoms with Gasteiger partial charge < -0.3 is 4.90 Å². The van der Waals surface area contributed by atoms with Crippen LogP contribution < -0.4 is 0 Å². The molecule has 4 aliphatic heterocycles. The van der Waals surface area contributed by atoms with E-state index in [9.17, 15) is 8.78 Å². The Morgan fingerprint density at radius 1 is 1.33 bits per heavy atom. The number of rotatable bonds is 5. The van der Waals surface area contributed by atoms with E-state index in [1.54, 1.807) is 17.8 Å². The molecule has 7 heteroatoms. The van der Waals surface area contributed by atoms with Crippen molar-refractivity contribution in [2.75, 3.05) is 6.54 Å². The zero-order valence-corrected chi connectivity index (χ0v) is 20.2. The van der Waals surface area contributed by atoms with Crippen LogP contribution in [0.5, 0.6) is 0 Å². The Bertz CT molecular complexity index is 1140. The minimum atomic E-state index is -1.08. The maximum atomic E-state index is 13.9. The maximum absolute atomic E-state index is 13.9. The van der Waals surface area contributed by atoms with E-state index in [0.717, 1.165) is 48.5 Å². The highest BCUT2D eigenvalue weighted by Crippen LogP contribution is 2.46. The minimum Gasteiger partial charge on any atom is -0.332 e. The number of nitrogens with zero attached hydrogens (tertiary/aromatic N) is 3. The van der Waals surface area contributed by atoms with E-state index < -0.39 is 6.17 Å². The largest absolute Gasteiger partial charge is 0.332 e. The molecule has 0 spiro atoms. The van der Waals surface area contributed by atoms with Crippen molar-refractivity contribution in [1.82, 2.24) is 4.90 Å². The Hall–Kier alpha value is -2.18. The molecule has 1 aromatic carbocycles. The molecule has 1 aromatic rings. The Labute approximate surface area is 202 Å². The van der Waals surface area contributed by atoms with Crippen molar-refractivity contribution in [3.63, 3.8) is 0 Å². The lowest BCUT2D eigenvalue weighted by atomic mass is 9.90. The number of fused-ring (bicyclic) bond motifs is 1. The van der Waals surface area contributed by atoms with Crippen LogP contribution in [0.1, 0.15) is 44.7 Å². The number of benzene rings is 1. The van der Waals surface area contributed by atoms with Gasteiger partial charge in [-0.05, 0) is 61.5 Å². The lowest BCUT2D eigenvalue weighted by Crippen LogP contribution is -2.39. The van der Waals surface area contributed by atoms with Crippen LogP contribution >= 0.6 is 23.4 Å². The number of hydrogen-bond acceptors (Lipinski definition) is 4. The van der Waals surface area contributed by atoms with Gasteiger partial charge in [0.05, 0.1) is 16.7 Å². The van der Waals surface area contributed by atoms with Crippen molar-refractivity contribution in [2.24, 2.45) is 15.9 Å². The maximum Gasteiger partial charge on any atom is 0.124 e. The normalized spacial score (nSPS) is 28.6. The molecule has 1 saturated heterocycles. The molecule has 0 saturated carbocycles. The van der Waals surface area contributed by atoms with Crippen molar-refractivity contribution in [2.45, 2.75) is 50.6 Å².